The van der Waals surface area contributed by atoms with Gasteiger partial charge in [-0.15, -0.1) is 5.10 Å². The van der Waals surface area contributed by atoms with Crippen molar-refractivity contribution in [2.75, 3.05) is 6.61 Å². The predicted molar refractivity (Wildman–Crippen MR) is 120 cm³/mol. The Morgan fingerprint density at radius 1 is 1.12 bits per heavy atom. The van der Waals surface area contributed by atoms with Crippen molar-refractivity contribution < 1.29 is 18.3 Å². The Morgan fingerprint density at radius 2 is 1.88 bits per heavy atom. The average molecular weight is 457 g/mol. The van der Waals surface area contributed by atoms with Crippen LogP contribution in [0.15, 0.2) is 65.7 Å². The third-order valence-corrected chi connectivity index (χ3v) is 7.42. The molecule has 170 valence electrons. The van der Waals surface area contributed by atoms with Crippen LogP contribution in [0.2, 0.25) is 0 Å². The first kappa shape index (κ1) is 22.6. The van der Waals surface area contributed by atoms with Crippen molar-refractivity contribution in [3.8, 4) is 11.3 Å². The second-order valence-electron chi connectivity index (χ2n) is 8.07. The van der Waals surface area contributed by atoms with Crippen molar-refractivity contribution in [1.29, 1.82) is 0 Å². The first-order valence-corrected chi connectivity index (χ1v) is 12.2. The van der Waals surface area contributed by atoms with Crippen LogP contribution >= 0.6 is 0 Å². The van der Waals surface area contributed by atoms with E-state index in [0.717, 1.165) is 11.3 Å². The SMILES string of the molecule is Cc1ccccc1S(=O)(=O)N[C@@H]1CC[C@H](CCn2cc(-c3ccccc3)nn2)O[C@H]1CO. The Kier molecular flexibility index (Phi) is 7.00. The summed E-state index contributed by atoms with van der Waals surface area (Å²) in [4.78, 5) is 0.249. The summed E-state index contributed by atoms with van der Waals surface area (Å²) in [5.41, 5.74) is 2.50. The molecule has 0 saturated carbocycles. The van der Waals surface area contributed by atoms with Gasteiger partial charge in [0, 0.05) is 12.1 Å². The summed E-state index contributed by atoms with van der Waals surface area (Å²) in [6.45, 7) is 2.14. The zero-order valence-electron chi connectivity index (χ0n) is 18.0. The van der Waals surface area contributed by atoms with Gasteiger partial charge in [0.15, 0.2) is 0 Å². The molecular formula is C23H28N4O4S. The maximum atomic E-state index is 12.8. The van der Waals surface area contributed by atoms with Crippen LogP contribution < -0.4 is 4.72 Å². The van der Waals surface area contributed by atoms with Crippen LogP contribution in [0.1, 0.15) is 24.8 Å². The number of hydrogen-bond acceptors (Lipinski definition) is 6. The summed E-state index contributed by atoms with van der Waals surface area (Å²) in [6.07, 6.45) is 3.20. The molecule has 32 heavy (non-hydrogen) atoms. The standard InChI is InChI=1S/C23H28N4O4S/c1-17-7-5-6-10-23(17)32(29,30)25-20-12-11-19(31-22(20)16-28)13-14-27-15-21(24-26-27)18-8-3-2-4-9-18/h2-10,15,19-20,22,25,28H,11-14,16H2,1H3/t19-,20-,22+/m1/s1. The molecule has 1 aliphatic heterocycles. The zero-order valence-corrected chi connectivity index (χ0v) is 18.8. The molecule has 0 spiro atoms. The maximum absolute atomic E-state index is 12.8. The van der Waals surface area contributed by atoms with Gasteiger partial charge in [0.05, 0.1) is 35.9 Å². The van der Waals surface area contributed by atoms with Gasteiger partial charge in [0.2, 0.25) is 10.0 Å². The molecule has 2 heterocycles. The average Bonchev–Trinajstić information content (AvgIpc) is 3.28. The van der Waals surface area contributed by atoms with Gasteiger partial charge < -0.3 is 9.84 Å². The number of aromatic nitrogens is 3. The Hall–Kier alpha value is -2.59. The number of aryl methyl sites for hydroxylation is 2. The second kappa shape index (κ2) is 9.91. The van der Waals surface area contributed by atoms with E-state index in [4.69, 9.17) is 4.74 Å². The number of sulfonamides is 1. The number of ether oxygens (including phenoxy) is 1. The Balaban J connectivity index is 1.34. The summed E-state index contributed by atoms with van der Waals surface area (Å²) in [5, 5.41) is 18.2. The van der Waals surface area contributed by atoms with Gasteiger partial charge in [0.1, 0.15) is 5.69 Å². The van der Waals surface area contributed by atoms with Crippen molar-refractivity contribution in [2.24, 2.45) is 0 Å². The van der Waals surface area contributed by atoms with Crippen molar-refractivity contribution in [2.45, 2.75) is 55.9 Å². The number of benzene rings is 2. The number of rotatable bonds is 8. The summed E-state index contributed by atoms with van der Waals surface area (Å²) >= 11 is 0. The summed E-state index contributed by atoms with van der Waals surface area (Å²) < 4.78 is 36.2. The lowest BCUT2D eigenvalue weighted by Crippen LogP contribution is -2.51. The molecule has 3 aromatic rings. The van der Waals surface area contributed by atoms with Crippen LogP contribution in [0.4, 0.5) is 0 Å². The van der Waals surface area contributed by atoms with Crippen LogP contribution in [0, 0.1) is 6.92 Å². The molecule has 1 fully saturated rings. The molecule has 0 bridgehead atoms. The van der Waals surface area contributed by atoms with Gasteiger partial charge in [-0.3, -0.25) is 4.68 Å². The van der Waals surface area contributed by atoms with E-state index >= 15 is 0 Å². The van der Waals surface area contributed by atoms with Crippen molar-refractivity contribution >= 4 is 10.0 Å². The van der Waals surface area contributed by atoms with Gasteiger partial charge in [-0.2, -0.15) is 0 Å². The third kappa shape index (κ3) is 5.24. The minimum atomic E-state index is -3.69. The molecule has 1 aliphatic rings. The van der Waals surface area contributed by atoms with Gasteiger partial charge >= 0.3 is 0 Å². The normalized spacial score (nSPS) is 21.5. The molecule has 0 unspecified atom stereocenters. The van der Waals surface area contributed by atoms with Crippen molar-refractivity contribution in [1.82, 2.24) is 19.7 Å². The molecule has 4 rings (SSSR count). The number of nitrogens with zero attached hydrogens (tertiary/aromatic N) is 3. The molecule has 1 aromatic heterocycles. The largest absolute Gasteiger partial charge is 0.394 e. The van der Waals surface area contributed by atoms with Crippen LogP contribution in [0.3, 0.4) is 0 Å². The summed E-state index contributed by atoms with van der Waals surface area (Å²) in [6, 6.07) is 16.2. The van der Waals surface area contributed by atoms with Crippen LogP contribution in [0.5, 0.6) is 0 Å². The van der Waals surface area contributed by atoms with Gasteiger partial charge in [-0.1, -0.05) is 53.7 Å². The van der Waals surface area contributed by atoms with E-state index in [1.807, 2.05) is 36.5 Å². The van der Waals surface area contributed by atoms with E-state index in [1.165, 1.54) is 0 Å². The molecule has 2 N–H and O–H groups in total. The van der Waals surface area contributed by atoms with Crippen molar-refractivity contribution in [3.05, 3.63) is 66.4 Å². The highest BCUT2D eigenvalue weighted by Crippen LogP contribution is 2.25. The lowest BCUT2D eigenvalue weighted by molar-refractivity contribution is -0.0891. The third-order valence-electron chi connectivity index (χ3n) is 5.77. The van der Waals surface area contributed by atoms with E-state index in [9.17, 15) is 13.5 Å². The molecule has 0 amide bonds. The number of aliphatic hydroxyl groups is 1. The minimum Gasteiger partial charge on any atom is -0.394 e. The van der Waals surface area contributed by atoms with E-state index in [1.54, 1.807) is 35.9 Å². The number of nitrogens with one attached hydrogen (secondary N) is 1. The summed E-state index contributed by atoms with van der Waals surface area (Å²) in [5.74, 6) is 0. The van der Waals surface area contributed by atoms with Gasteiger partial charge in [-0.05, 0) is 37.8 Å². The topological polar surface area (TPSA) is 106 Å². The fourth-order valence-electron chi connectivity index (χ4n) is 4.02. The lowest BCUT2D eigenvalue weighted by Gasteiger charge is -2.36. The molecule has 1 saturated heterocycles. The minimum absolute atomic E-state index is 0.0873. The van der Waals surface area contributed by atoms with Gasteiger partial charge in [-0.25, -0.2) is 13.1 Å². The highest BCUT2D eigenvalue weighted by Gasteiger charge is 2.34. The van der Waals surface area contributed by atoms with E-state index in [-0.39, 0.29) is 17.6 Å². The highest BCUT2D eigenvalue weighted by atomic mass is 32.2. The predicted octanol–water partition coefficient (Wildman–Crippen LogP) is 2.53. The highest BCUT2D eigenvalue weighted by molar-refractivity contribution is 7.89. The molecule has 3 atom stereocenters. The quantitative estimate of drug-likeness (QED) is 0.540. The van der Waals surface area contributed by atoms with Crippen LogP contribution in [0.25, 0.3) is 11.3 Å². The number of hydrogen-bond donors (Lipinski definition) is 2. The molecular weight excluding hydrogens is 428 g/mol. The Labute approximate surface area is 188 Å². The van der Waals surface area contributed by atoms with E-state index < -0.39 is 22.2 Å². The van der Waals surface area contributed by atoms with E-state index in [0.29, 0.717) is 31.4 Å². The van der Waals surface area contributed by atoms with Gasteiger partial charge in [0.25, 0.3) is 0 Å². The fourth-order valence-corrected chi connectivity index (χ4v) is 5.57. The molecule has 2 aromatic carbocycles. The summed E-state index contributed by atoms with van der Waals surface area (Å²) in [7, 11) is -3.69. The Morgan fingerprint density at radius 3 is 2.62 bits per heavy atom. The molecule has 0 radical (unpaired) electrons. The first-order chi connectivity index (χ1) is 15.5. The first-order valence-electron chi connectivity index (χ1n) is 10.8. The Bertz CT molecular complexity index is 1130. The van der Waals surface area contributed by atoms with Crippen LogP contribution in [-0.4, -0.2) is 53.4 Å². The number of aliphatic hydroxyl groups excluding tert-OH is 1. The molecule has 9 heteroatoms. The fraction of sp³-hybridized carbons (Fsp3) is 0.391. The zero-order chi connectivity index (χ0) is 22.6. The molecule has 0 aliphatic carbocycles. The van der Waals surface area contributed by atoms with Crippen LogP contribution in [-0.2, 0) is 21.3 Å². The molecule has 8 nitrogen and oxygen atoms in total. The second-order valence-corrected chi connectivity index (χ2v) is 9.75. The van der Waals surface area contributed by atoms with E-state index in [2.05, 4.69) is 15.0 Å². The van der Waals surface area contributed by atoms with Crippen molar-refractivity contribution in [3.63, 3.8) is 0 Å². The smallest absolute Gasteiger partial charge is 0.241 e. The lowest BCUT2D eigenvalue weighted by atomic mass is 9.98. The maximum Gasteiger partial charge on any atom is 0.241 e. The monoisotopic (exact) mass is 456 g/mol.